The molecule has 1 aliphatic heterocycles. The van der Waals surface area contributed by atoms with Gasteiger partial charge in [-0.2, -0.15) is 5.10 Å². The van der Waals surface area contributed by atoms with Gasteiger partial charge < -0.3 is 4.90 Å². The molecule has 2 N–H and O–H groups in total. The Bertz CT molecular complexity index is 787. The molecule has 1 fully saturated rings. The van der Waals surface area contributed by atoms with E-state index < -0.39 is 10.0 Å². The first-order chi connectivity index (χ1) is 12.0. The highest BCUT2D eigenvalue weighted by atomic mass is 32.2. The third kappa shape index (κ3) is 4.41. The summed E-state index contributed by atoms with van der Waals surface area (Å²) in [5.74, 6) is 0. The van der Waals surface area contributed by atoms with Crippen LogP contribution in [0, 0.1) is 13.8 Å². The average Bonchev–Trinajstić information content (AvgIpc) is 3.19. The summed E-state index contributed by atoms with van der Waals surface area (Å²) in [4.78, 5) is 2.74. The first kappa shape index (κ1) is 17.9. The number of sulfonamides is 1. The zero-order valence-corrected chi connectivity index (χ0v) is 15.7. The summed E-state index contributed by atoms with van der Waals surface area (Å²) in [7, 11) is -3.62. The highest BCUT2D eigenvalue weighted by Crippen LogP contribution is 2.21. The summed E-state index contributed by atoms with van der Waals surface area (Å²) in [6, 6.07) is 7.65. The molecule has 0 spiro atoms. The van der Waals surface area contributed by atoms with Crippen molar-refractivity contribution in [2.24, 2.45) is 0 Å². The van der Waals surface area contributed by atoms with E-state index in [9.17, 15) is 8.42 Å². The first-order valence-electron chi connectivity index (χ1n) is 8.81. The molecule has 7 heteroatoms. The minimum atomic E-state index is -3.62. The monoisotopic (exact) mass is 362 g/mol. The molecule has 136 valence electrons. The zero-order valence-electron chi connectivity index (χ0n) is 14.9. The number of aromatic amines is 1. The molecule has 1 saturated heterocycles. The van der Waals surface area contributed by atoms with Crippen LogP contribution in [-0.2, 0) is 16.4 Å². The standard InChI is InChI=1S/C18H26N4O2S/c1-14-18(15(2)20-19-14)25(23,24)21-17-9-7-16(8-10-17)6-5-13-22-11-3-4-12-22/h7-10,21H,3-6,11-13H2,1-2H3,(H,19,20). The van der Waals surface area contributed by atoms with Crippen molar-refractivity contribution in [2.45, 2.75) is 44.4 Å². The molecule has 0 aliphatic carbocycles. The van der Waals surface area contributed by atoms with Gasteiger partial charge in [-0.1, -0.05) is 12.1 Å². The molecule has 2 heterocycles. The molecule has 0 amide bonds. The van der Waals surface area contributed by atoms with E-state index in [0.717, 1.165) is 19.4 Å². The molecule has 0 atom stereocenters. The SMILES string of the molecule is Cc1n[nH]c(C)c1S(=O)(=O)Nc1ccc(CCCN2CCCC2)cc1. The van der Waals surface area contributed by atoms with Crippen LogP contribution >= 0.6 is 0 Å². The Labute approximate surface area is 149 Å². The second-order valence-electron chi connectivity index (χ2n) is 6.72. The van der Waals surface area contributed by atoms with Crippen molar-refractivity contribution in [3.63, 3.8) is 0 Å². The summed E-state index contributed by atoms with van der Waals surface area (Å²) in [5.41, 5.74) is 2.83. The van der Waals surface area contributed by atoms with Gasteiger partial charge in [-0.3, -0.25) is 9.82 Å². The highest BCUT2D eigenvalue weighted by Gasteiger charge is 2.22. The molecule has 1 aromatic carbocycles. The number of benzene rings is 1. The fourth-order valence-electron chi connectivity index (χ4n) is 3.40. The number of nitrogens with zero attached hydrogens (tertiary/aromatic N) is 2. The summed E-state index contributed by atoms with van der Waals surface area (Å²) in [5, 5.41) is 6.67. The van der Waals surface area contributed by atoms with Gasteiger partial charge >= 0.3 is 0 Å². The summed E-state index contributed by atoms with van der Waals surface area (Å²) >= 11 is 0. The normalized spacial score (nSPS) is 15.6. The van der Waals surface area contributed by atoms with E-state index in [2.05, 4.69) is 19.8 Å². The predicted octanol–water partition coefficient (Wildman–Crippen LogP) is 2.86. The Hall–Kier alpha value is -1.86. The number of likely N-dealkylation sites (tertiary alicyclic amines) is 1. The molecule has 25 heavy (non-hydrogen) atoms. The van der Waals surface area contributed by atoms with Crippen LogP contribution in [-0.4, -0.2) is 43.1 Å². The Morgan fingerprint density at radius 2 is 1.84 bits per heavy atom. The number of rotatable bonds is 7. The van der Waals surface area contributed by atoms with Gasteiger partial charge in [-0.25, -0.2) is 8.42 Å². The van der Waals surface area contributed by atoms with Crippen molar-refractivity contribution in [1.82, 2.24) is 15.1 Å². The average molecular weight is 362 g/mol. The van der Waals surface area contributed by atoms with E-state index in [-0.39, 0.29) is 4.90 Å². The van der Waals surface area contributed by atoms with E-state index >= 15 is 0 Å². The molecule has 0 bridgehead atoms. The Morgan fingerprint density at radius 3 is 2.44 bits per heavy atom. The summed E-state index contributed by atoms with van der Waals surface area (Å²) < 4.78 is 27.7. The van der Waals surface area contributed by atoms with Gasteiger partial charge in [0.05, 0.1) is 11.4 Å². The van der Waals surface area contributed by atoms with Crippen molar-refractivity contribution in [3.05, 3.63) is 41.2 Å². The van der Waals surface area contributed by atoms with Gasteiger partial charge in [0.25, 0.3) is 10.0 Å². The number of nitrogens with one attached hydrogen (secondary N) is 2. The maximum absolute atomic E-state index is 12.5. The third-order valence-electron chi connectivity index (χ3n) is 4.67. The van der Waals surface area contributed by atoms with Crippen LogP contribution in [0.15, 0.2) is 29.2 Å². The Morgan fingerprint density at radius 1 is 1.16 bits per heavy atom. The van der Waals surface area contributed by atoms with Crippen LogP contribution < -0.4 is 4.72 Å². The molecule has 0 radical (unpaired) electrons. The van der Waals surface area contributed by atoms with Crippen LogP contribution in [0.2, 0.25) is 0 Å². The topological polar surface area (TPSA) is 78.1 Å². The van der Waals surface area contributed by atoms with Gasteiger partial charge in [-0.05, 0) is 76.9 Å². The molecule has 1 aliphatic rings. The van der Waals surface area contributed by atoms with Crippen LogP contribution in [0.5, 0.6) is 0 Å². The van der Waals surface area contributed by atoms with Gasteiger partial charge in [0.1, 0.15) is 4.90 Å². The van der Waals surface area contributed by atoms with E-state index in [1.54, 1.807) is 13.8 Å². The van der Waals surface area contributed by atoms with Gasteiger partial charge in [-0.15, -0.1) is 0 Å². The van der Waals surface area contributed by atoms with E-state index in [1.807, 2.05) is 24.3 Å². The zero-order chi connectivity index (χ0) is 17.9. The number of anilines is 1. The first-order valence-corrected chi connectivity index (χ1v) is 10.3. The summed E-state index contributed by atoms with van der Waals surface area (Å²) in [6.07, 6.45) is 4.80. The number of hydrogen-bond acceptors (Lipinski definition) is 4. The quantitative estimate of drug-likeness (QED) is 0.794. The molecular formula is C18H26N4O2S. The van der Waals surface area contributed by atoms with Crippen LogP contribution in [0.25, 0.3) is 0 Å². The predicted molar refractivity (Wildman–Crippen MR) is 99.3 cm³/mol. The van der Waals surface area contributed by atoms with Gasteiger partial charge in [0.2, 0.25) is 0 Å². The molecule has 1 aromatic heterocycles. The number of aryl methyl sites for hydroxylation is 3. The fourth-order valence-corrected chi connectivity index (χ4v) is 4.83. The van der Waals surface area contributed by atoms with Crippen molar-refractivity contribution in [3.8, 4) is 0 Å². The lowest BCUT2D eigenvalue weighted by molar-refractivity contribution is 0.334. The molecular weight excluding hydrogens is 336 g/mol. The van der Waals surface area contributed by atoms with Gasteiger partial charge in [0, 0.05) is 5.69 Å². The third-order valence-corrected chi connectivity index (χ3v) is 6.32. The van der Waals surface area contributed by atoms with E-state index in [4.69, 9.17) is 0 Å². The minimum absolute atomic E-state index is 0.224. The minimum Gasteiger partial charge on any atom is -0.303 e. The van der Waals surface area contributed by atoms with Crippen molar-refractivity contribution in [1.29, 1.82) is 0 Å². The number of aromatic nitrogens is 2. The van der Waals surface area contributed by atoms with Gasteiger partial charge in [0.15, 0.2) is 0 Å². The largest absolute Gasteiger partial charge is 0.303 e. The highest BCUT2D eigenvalue weighted by molar-refractivity contribution is 7.92. The second-order valence-corrected chi connectivity index (χ2v) is 8.34. The molecule has 2 aromatic rings. The lowest BCUT2D eigenvalue weighted by Gasteiger charge is -2.14. The van der Waals surface area contributed by atoms with Crippen molar-refractivity contribution >= 4 is 15.7 Å². The van der Waals surface area contributed by atoms with Crippen LogP contribution in [0.4, 0.5) is 5.69 Å². The lowest BCUT2D eigenvalue weighted by atomic mass is 10.1. The number of H-pyrrole nitrogens is 1. The van der Waals surface area contributed by atoms with Crippen LogP contribution in [0.3, 0.4) is 0 Å². The second kappa shape index (κ2) is 7.58. The van der Waals surface area contributed by atoms with Crippen LogP contribution in [0.1, 0.15) is 36.2 Å². The molecule has 0 saturated carbocycles. The number of hydrogen-bond donors (Lipinski definition) is 2. The van der Waals surface area contributed by atoms with E-state index in [1.165, 1.54) is 31.5 Å². The van der Waals surface area contributed by atoms with Crippen molar-refractivity contribution in [2.75, 3.05) is 24.4 Å². The maximum Gasteiger partial charge on any atom is 0.265 e. The Kier molecular flexibility index (Phi) is 5.44. The smallest absolute Gasteiger partial charge is 0.265 e. The molecule has 0 unspecified atom stereocenters. The van der Waals surface area contributed by atoms with E-state index in [0.29, 0.717) is 17.1 Å². The Balaban J connectivity index is 1.58. The fraction of sp³-hybridized carbons (Fsp3) is 0.500. The maximum atomic E-state index is 12.5. The van der Waals surface area contributed by atoms with Crippen molar-refractivity contribution < 1.29 is 8.42 Å². The lowest BCUT2D eigenvalue weighted by Crippen LogP contribution is -2.20. The molecule has 3 rings (SSSR count). The molecule has 6 nitrogen and oxygen atoms in total. The summed E-state index contributed by atoms with van der Waals surface area (Å²) in [6.45, 7) is 6.99.